The van der Waals surface area contributed by atoms with Gasteiger partial charge in [-0.1, -0.05) is 29.8 Å². The van der Waals surface area contributed by atoms with Gasteiger partial charge in [-0.15, -0.1) is 0 Å². The van der Waals surface area contributed by atoms with Gasteiger partial charge in [-0.05, 0) is 24.3 Å². The Morgan fingerprint density at radius 2 is 2.00 bits per heavy atom. The molecule has 0 fully saturated rings. The van der Waals surface area contributed by atoms with Crippen molar-refractivity contribution in [2.45, 2.75) is 6.61 Å². The number of hydrogen-bond donors (Lipinski definition) is 2. The van der Waals surface area contributed by atoms with Crippen LogP contribution in [0.5, 0.6) is 5.75 Å². The van der Waals surface area contributed by atoms with E-state index in [4.69, 9.17) is 22.1 Å². The van der Waals surface area contributed by atoms with Gasteiger partial charge in [0.2, 0.25) is 0 Å². The number of primary amides is 1. The predicted molar refractivity (Wildman–Crippen MR) is 86.1 cm³/mol. The SMILES string of the molecule is NC(=O)c1n[nH]nc1-c1ccccc1OCc1c(F)cccc1Cl. The molecule has 3 aromatic rings. The molecule has 0 bridgehead atoms. The second-order valence-electron chi connectivity index (χ2n) is 4.87. The molecular weight excluding hydrogens is 335 g/mol. The van der Waals surface area contributed by atoms with Gasteiger partial charge < -0.3 is 10.5 Å². The van der Waals surface area contributed by atoms with Crippen molar-refractivity contribution in [3.63, 3.8) is 0 Å². The monoisotopic (exact) mass is 346 g/mol. The molecule has 3 N–H and O–H groups in total. The summed E-state index contributed by atoms with van der Waals surface area (Å²) in [5.41, 5.74) is 6.29. The van der Waals surface area contributed by atoms with Crippen LogP contribution in [0.3, 0.4) is 0 Å². The number of H-pyrrole nitrogens is 1. The zero-order valence-electron chi connectivity index (χ0n) is 12.3. The third-order valence-corrected chi connectivity index (χ3v) is 3.71. The number of carbonyl (C=O) groups excluding carboxylic acids is 1. The lowest BCUT2D eigenvalue weighted by molar-refractivity contribution is 0.0996. The molecule has 8 heteroatoms. The van der Waals surface area contributed by atoms with Gasteiger partial charge in [-0.2, -0.15) is 15.4 Å². The quantitative estimate of drug-likeness (QED) is 0.742. The van der Waals surface area contributed by atoms with Gasteiger partial charge in [-0.3, -0.25) is 4.79 Å². The van der Waals surface area contributed by atoms with Crippen molar-refractivity contribution >= 4 is 17.5 Å². The number of amides is 1. The second kappa shape index (κ2) is 6.67. The van der Waals surface area contributed by atoms with E-state index in [0.29, 0.717) is 11.3 Å². The van der Waals surface area contributed by atoms with E-state index < -0.39 is 11.7 Å². The summed E-state index contributed by atoms with van der Waals surface area (Å²) >= 11 is 5.99. The molecule has 0 aliphatic carbocycles. The number of rotatable bonds is 5. The summed E-state index contributed by atoms with van der Waals surface area (Å²) in [4.78, 5) is 11.4. The summed E-state index contributed by atoms with van der Waals surface area (Å²) in [5, 5.41) is 10.3. The highest BCUT2D eigenvalue weighted by Crippen LogP contribution is 2.31. The number of aromatic nitrogens is 3. The number of carbonyl (C=O) groups is 1. The van der Waals surface area contributed by atoms with E-state index >= 15 is 0 Å². The van der Waals surface area contributed by atoms with Crippen LogP contribution in [0.15, 0.2) is 42.5 Å². The first-order valence-electron chi connectivity index (χ1n) is 6.93. The largest absolute Gasteiger partial charge is 0.488 e. The summed E-state index contributed by atoms with van der Waals surface area (Å²) in [6.45, 7) is -0.0771. The summed E-state index contributed by atoms with van der Waals surface area (Å²) in [6.07, 6.45) is 0. The highest BCUT2D eigenvalue weighted by atomic mass is 35.5. The van der Waals surface area contributed by atoms with Crippen LogP contribution >= 0.6 is 11.6 Å². The number of hydrogen-bond acceptors (Lipinski definition) is 4. The molecule has 0 aliphatic rings. The summed E-state index contributed by atoms with van der Waals surface area (Å²) in [6, 6.07) is 11.3. The summed E-state index contributed by atoms with van der Waals surface area (Å²) in [7, 11) is 0. The molecule has 0 radical (unpaired) electrons. The number of para-hydroxylation sites is 1. The van der Waals surface area contributed by atoms with Gasteiger partial charge in [0.05, 0.1) is 5.02 Å². The zero-order valence-corrected chi connectivity index (χ0v) is 13.0. The van der Waals surface area contributed by atoms with Crippen molar-refractivity contribution in [3.8, 4) is 17.0 Å². The molecule has 0 unspecified atom stereocenters. The lowest BCUT2D eigenvalue weighted by atomic mass is 10.1. The maximum Gasteiger partial charge on any atom is 0.271 e. The number of ether oxygens (including phenoxy) is 1. The minimum absolute atomic E-state index is 0.00465. The van der Waals surface area contributed by atoms with Gasteiger partial charge in [0, 0.05) is 11.1 Å². The number of benzene rings is 2. The standard InChI is InChI=1S/C16H12ClFN4O2/c17-11-5-3-6-12(18)10(11)8-24-13-7-2-1-4-9(13)14-15(16(19)23)21-22-20-14/h1-7H,8H2,(H2,19,23)(H,20,21,22). The van der Waals surface area contributed by atoms with Crippen LogP contribution in [0.25, 0.3) is 11.3 Å². The molecule has 3 rings (SSSR count). The van der Waals surface area contributed by atoms with Gasteiger partial charge in [0.15, 0.2) is 5.69 Å². The minimum Gasteiger partial charge on any atom is -0.488 e. The second-order valence-corrected chi connectivity index (χ2v) is 5.28. The minimum atomic E-state index is -0.717. The molecule has 0 saturated carbocycles. The number of nitrogens with one attached hydrogen (secondary N) is 1. The van der Waals surface area contributed by atoms with Crippen molar-refractivity contribution < 1.29 is 13.9 Å². The number of nitrogens with two attached hydrogens (primary N) is 1. The Bertz CT molecular complexity index is 877. The molecule has 0 atom stereocenters. The lowest BCUT2D eigenvalue weighted by Gasteiger charge is -2.12. The Kier molecular flexibility index (Phi) is 4.43. The maximum atomic E-state index is 13.8. The van der Waals surface area contributed by atoms with Gasteiger partial charge in [-0.25, -0.2) is 4.39 Å². The summed E-state index contributed by atoms with van der Waals surface area (Å²) in [5.74, 6) is -0.779. The Morgan fingerprint density at radius 3 is 2.75 bits per heavy atom. The van der Waals surface area contributed by atoms with Crippen molar-refractivity contribution in [2.24, 2.45) is 5.73 Å². The van der Waals surface area contributed by atoms with Crippen molar-refractivity contribution in [1.82, 2.24) is 15.4 Å². The molecule has 0 aliphatic heterocycles. The third-order valence-electron chi connectivity index (χ3n) is 3.36. The fourth-order valence-electron chi connectivity index (χ4n) is 2.20. The van der Waals surface area contributed by atoms with Crippen LogP contribution in [-0.4, -0.2) is 21.3 Å². The Morgan fingerprint density at radius 1 is 1.21 bits per heavy atom. The Labute approximate surface area is 141 Å². The van der Waals surface area contributed by atoms with E-state index in [1.165, 1.54) is 12.1 Å². The van der Waals surface area contributed by atoms with E-state index in [0.717, 1.165) is 0 Å². The molecule has 1 aromatic heterocycles. The van der Waals surface area contributed by atoms with Crippen LogP contribution in [0.4, 0.5) is 4.39 Å². The molecule has 6 nitrogen and oxygen atoms in total. The van der Waals surface area contributed by atoms with Crippen molar-refractivity contribution in [1.29, 1.82) is 0 Å². The molecule has 0 saturated heterocycles. The first-order chi connectivity index (χ1) is 11.6. The van der Waals surface area contributed by atoms with E-state index in [-0.39, 0.29) is 28.6 Å². The third kappa shape index (κ3) is 3.07. The lowest BCUT2D eigenvalue weighted by Crippen LogP contribution is -2.13. The topological polar surface area (TPSA) is 93.9 Å². The van der Waals surface area contributed by atoms with Crippen LogP contribution in [0, 0.1) is 5.82 Å². The first-order valence-corrected chi connectivity index (χ1v) is 7.31. The van der Waals surface area contributed by atoms with Gasteiger partial charge in [0.25, 0.3) is 5.91 Å². The maximum absolute atomic E-state index is 13.8. The van der Waals surface area contributed by atoms with Gasteiger partial charge in [0.1, 0.15) is 23.9 Å². The average Bonchev–Trinajstić information content (AvgIpc) is 3.04. The smallest absolute Gasteiger partial charge is 0.271 e. The predicted octanol–water partition coefficient (Wildman–Crippen LogP) is 2.94. The Hall–Kier alpha value is -2.93. The number of aromatic amines is 1. The van der Waals surface area contributed by atoms with Crippen molar-refractivity contribution in [2.75, 3.05) is 0 Å². The molecule has 1 amide bonds. The molecule has 24 heavy (non-hydrogen) atoms. The summed E-state index contributed by atoms with van der Waals surface area (Å²) < 4.78 is 19.5. The fraction of sp³-hybridized carbons (Fsp3) is 0.0625. The highest BCUT2D eigenvalue weighted by molar-refractivity contribution is 6.31. The van der Waals surface area contributed by atoms with Crippen molar-refractivity contribution in [3.05, 3.63) is 64.6 Å². The normalized spacial score (nSPS) is 10.6. The fourth-order valence-corrected chi connectivity index (χ4v) is 2.42. The average molecular weight is 347 g/mol. The molecule has 122 valence electrons. The van der Waals surface area contributed by atoms with Crippen LogP contribution in [-0.2, 0) is 6.61 Å². The van der Waals surface area contributed by atoms with E-state index in [2.05, 4.69) is 15.4 Å². The molecule has 2 aromatic carbocycles. The molecule has 1 heterocycles. The highest BCUT2D eigenvalue weighted by Gasteiger charge is 2.19. The van der Waals surface area contributed by atoms with Crippen LogP contribution in [0.1, 0.15) is 16.1 Å². The van der Waals surface area contributed by atoms with E-state index in [1.807, 2.05) is 0 Å². The van der Waals surface area contributed by atoms with Crippen LogP contribution in [0.2, 0.25) is 5.02 Å². The molecule has 0 spiro atoms. The number of halogens is 2. The first kappa shape index (κ1) is 15.9. The Balaban J connectivity index is 1.93. The van der Waals surface area contributed by atoms with Crippen LogP contribution < -0.4 is 10.5 Å². The van der Waals surface area contributed by atoms with E-state index in [9.17, 15) is 9.18 Å². The van der Waals surface area contributed by atoms with Gasteiger partial charge >= 0.3 is 0 Å². The zero-order chi connectivity index (χ0) is 17.1. The molecular formula is C16H12ClFN4O2. The van der Waals surface area contributed by atoms with E-state index in [1.54, 1.807) is 30.3 Å². The number of nitrogens with zero attached hydrogens (tertiary/aromatic N) is 2.